The van der Waals surface area contributed by atoms with Crippen molar-refractivity contribution in [1.82, 2.24) is 25.0 Å². The molecule has 0 radical (unpaired) electrons. The predicted molar refractivity (Wildman–Crippen MR) is 233 cm³/mol. The molecule has 0 bridgehead atoms. The average molecular weight is 929 g/mol. The van der Waals surface area contributed by atoms with Gasteiger partial charge in [-0.05, 0) is 44.2 Å². The van der Waals surface area contributed by atoms with Crippen LogP contribution in [-0.4, -0.2) is 155 Å². The number of morpholine rings is 1. The lowest BCUT2D eigenvalue weighted by atomic mass is 9.94. The summed E-state index contributed by atoms with van der Waals surface area (Å²) in [5.74, 6) is -0.280. The van der Waals surface area contributed by atoms with E-state index in [1.54, 1.807) is 46.1 Å². The van der Waals surface area contributed by atoms with Crippen LogP contribution in [0.25, 0.3) is 28.1 Å². The summed E-state index contributed by atoms with van der Waals surface area (Å²) in [5, 5.41) is 41.2. The second-order valence-electron chi connectivity index (χ2n) is 16.0. The van der Waals surface area contributed by atoms with Crippen molar-refractivity contribution in [3.8, 4) is 39.6 Å². The van der Waals surface area contributed by atoms with E-state index in [4.69, 9.17) is 62.5 Å². The number of nitrogens with two attached hydrogens (primary N) is 1. The number of amides is 3. The number of carbonyl (C=O) groups is 3. The van der Waals surface area contributed by atoms with Crippen LogP contribution in [0.3, 0.4) is 0 Å². The van der Waals surface area contributed by atoms with Crippen molar-refractivity contribution in [3.05, 3.63) is 70.1 Å². The Kier molecular flexibility index (Phi) is 15.1. The summed E-state index contributed by atoms with van der Waals surface area (Å²) >= 11 is 13.0. The third-order valence-electron chi connectivity index (χ3n) is 11.0. The van der Waals surface area contributed by atoms with Gasteiger partial charge < -0.3 is 65.0 Å². The number of rotatable bonds is 16. The van der Waals surface area contributed by atoms with Crippen LogP contribution in [0.15, 0.2) is 48.8 Å². The molecule has 0 saturated carbocycles. The molecule has 3 aliphatic rings. The lowest BCUT2D eigenvalue weighted by Crippen LogP contribution is -2.63. The van der Waals surface area contributed by atoms with Crippen LogP contribution >= 0.6 is 23.2 Å². The van der Waals surface area contributed by atoms with Crippen LogP contribution in [0.5, 0.6) is 11.5 Å². The Labute approximate surface area is 378 Å². The molecular formula is C43H51Cl2N7O12. The molecule has 2 saturated heterocycles. The Bertz CT molecular complexity index is 2330. The molecule has 2 fully saturated rings. The first kappa shape index (κ1) is 47.0. The van der Waals surface area contributed by atoms with Gasteiger partial charge in [0.25, 0.3) is 11.8 Å². The third kappa shape index (κ3) is 10.3. The number of fused-ring (bicyclic) bond motifs is 3. The number of hydrogen-bond donors (Lipinski definition) is 6. The summed E-state index contributed by atoms with van der Waals surface area (Å²) in [7, 11) is 1.54. The van der Waals surface area contributed by atoms with E-state index >= 15 is 0 Å². The summed E-state index contributed by atoms with van der Waals surface area (Å²) in [6, 6.07) is 10.5. The van der Waals surface area contributed by atoms with Gasteiger partial charge in [-0.2, -0.15) is 5.10 Å². The fourth-order valence-electron chi connectivity index (χ4n) is 7.73. The number of hydrogen-bond acceptors (Lipinski definition) is 15. The number of aliphatic hydroxyl groups excluding tert-OH is 3. The van der Waals surface area contributed by atoms with Gasteiger partial charge in [0.1, 0.15) is 36.4 Å². The minimum atomic E-state index is -1.62. The number of methoxy groups -OCH3 is 1. The standard InChI is InChI=1S/C43H51Cl2N7O12/c1-43(2)22-62-9-6-51(43)42(58)35-30-21-63-32-17-31(59-3)28(16-29(32)36(30)52(50-35)27-14-24(44)13-25(45)15-27)23-12-26(20-47-19-23)49-34(53)4-7-60-10-11-61-8-5-48-41(57)40-39(56)38(55)37(54)33(18-46)64-40/h12-17,19-20,33,37-40,54-56H,4-11,18,21-22,46H2,1-3H3,(H,48,57)(H,49,53)/t33-,37-,38+,39+,40-/m0/s1. The van der Waals surface area contributed by atoms with Crippen molar-refractivity contribution in [2.75, 3.05) is 71.7 Å². The lowest BCUT2D eigenvalue weighted by Gasteiger charge is -2.41. The van der Waals surface area contributed by atoms with E-state index in [1.807, 2.05) is 19.9 Å². The minimum absolute atomic E-state index is 0.0385. The van der Waals surface area contributed by atoms with E-state index in [2.05, 4.69) is 15.6 Å². The molecule has 0 aliphatic carbocycles. The number of aliphatic hydroxyl groups is 3. The van der Waals surface area contributed by atoms with Gasteiger partial charge in [0.2, 0.25) is 5.91 Å². The van der Waals surface area contributed by atoms with Crippen molar-refractivity contribution in [3.63, 3.8) is 0 Å². The molecule has 0 unspecified atom stereocenters. The largest absolute Gasteiger partial charge is 0.496 e. The number of nitrogens with one attached hydrogen (secondary N) is 2. The van der Waals surface area contributed by atoms with Crippen molar-refractivity contribution in [2.24, 2.45) is 5.73 Å². The highest BCUT2D eigenvalue weighted by Gasteiger charge is 2.46. The smallest absolute Gasteiger partial charge is 0.275 e. The first-order valence-electron chi connectivity index (χ1n) is 20.6. The number of pyridine rings is 1. The van der Waals surface area contributed by atoms with E-state index in [-0.39, 0.29) is 70.1 Å². The van der Waals surface area contributed by atoms with Crippen LogP contribution < -0.4 is 25.8 Å². The van der Waals surface area contributed by atoms with E-state index < -0.39 is 42.0 Å². The zero-order valence-electron chi connectivity index (χ0n) is 35.4. The number of anilines is 1. The van der Waals surface area contributed by atoms with E-state index in [0.29, 0.717) is 80.6 Å². The van der Waals surface area contributed by atoms with Crippen LogP contribution in [0.4, 0.5) is 5.69 Å². The van der Waals surface area contributed by atoms with Crippen LogP contribution in [-0.2, 0) is 35.1 Å². The molecular weight excluding hydrogens is 877 g/mol. The Morgan fingerprint density at radius 1 is 0.953 bits per heavy atom. The van der Waals surface area contributed by atoms with Crippen molar-refractivity contribution in [2.45, 2.75) is 62.9 Å². The summed E-state index contributed by atoms with van der Waals surface area (Å²) < 4.78 is 35.9. The summed E-state index contributed by atoms with van der Waals surface area (Å²) in [5.41, 5.74) is 9.23. The molecule has 5 atom stereocenters. The second kappa shape index (κ2) is 20.5. The van der Waals surface area contributed by atoms with Crippen LogP contribution in [0.1, 0.15) is 36.3 Å². The van der Waals surface area contributed by atoms with Crippen LogP contribution in [0.2, 0.25) is 10.0 Å². The maximum atomic E-state index is 14.3. The Hall–Kier alpha value is -4.93. The molecule has 0 spiro atoms. The molecule has 19 nitrogen and oxygen atoms in total. The summed E-state index contributed by atoms with van der Waals surface area (Å²) in [6.07, 6.45) is -3.81. The highest BCUT2D eigenvalue weighted by atomic mass is 35.5. The number of nitrogens with zero attached hydrogens (tertiary/aromatic N) is 4. The number of ether oxygens (including phenoxy) is 6. The van der Waals surface area contributed by atoms with Crippen molar-refractivity contribution < 1.29 is 58.1 Å². The third-order valence-corrected chi connectivity index (χ3v) is 11.5. The quantitative estimate of drug-likeness (QED) is 0.0883. The van der Waals surface area contributed by atoms with Gasteiger partial charge in [0.05, 0.1) is 88.1 Å². The topological polar surface area (TPSA) is 251 Å². The zero-order valence-corrected chi connectivity index (χ0v) is 36.9. The molecule has 4 aromatic rings. The molecule has 2 aromatic heterocycles. The van der Waals surface area contributed by atoms with Crippen molar-refractivity contribution in [1.29, 1.82) is 0 Å². The Morgan fingerprint density at radius 2 is 1.70 bits per heavy atom. The monoisotopic (exact) mass is 927 g/mol. The average Bonchev–Trinajstić information content (AvgIpc) is 3.67. The van der Waals surface area contributed by atoms with Gasteiger partial charge in [-0.1, -0.05) is 23.2 Å². The first-order valence-corrected chi connectivity index (χ1v) is 21.4. The molecule has 7 rings (SSSR count). The lowest BCUT2D eigenvalue weighted by molar-refractivity contribution is -0.218. The number of carbonyl (C=O) groups excluding carboxylic acids is 3. The molecule has 2 aromatic carbocycles. The van der Waals surface area contributed by atoms with Crippen LogP contribution in [0, 0.1) is 0 Å². The van der Waals surface area contributed by atoms with Crippen molar-refractivity contribution >= 4 is 46.6 Å². The maximum Gasteiger partial charge on any atom is 0.275 e. The fraction of sp³-hybridized carbons (Fsp3) is 0.465. The van der Waals surface area contributed by atoms with Gasteiger partial charge in [-0.25, -0.2) is 4.68 Å². The van der Waals surface area contributed by atoms with E-state index in [0.717, 1.165) is 0 Å². The number of aromatic nitrogens is 3. The molecule has 5 heterocycles. The molecule has 64 heavy (non-hydrogen) atoms. The Morgan fingerprint density at radius 3 is 2.42 bits per heavy atom. The molecule has 7 N–H and O–H groups in total. The number of benzene rings is 2. The van der Waals surface area contributed by atoms with Gasteiger partial charge in [0.15, 0.2) is 11.8 Å². The maximum absolute atomic E-state index is 14.3. The number of halogens is 2. The molecule has 3 amide bonds. The highest BCUT2D eigenvalue weighted by Crippen LogP contribution is 2.47. The van der Waals surface area contributed by atoms with Gasteiger partial charge in [-0.3, -0.25) is 19.4 Å². The summed E-state index contributed by atoms with van der Waals surface area (Å²) in [6.45, 7) is 5.65. The van der Waals surface area contributed by atoms with Gasteiger partial charge in [0, 0.05) is 64.2 Å². The van der Waals surface area contributed by atoms with Gasteiger partial charge >= 0.3 is 0 Å². The molecule has 3 aliphatic heterocycles. The molecule has 21 heteroatoms. The predicted octanol–water partition coefficient (Wildman–Crippen LogP) is 2.35. The second-order valence-corrected chi connectivity index (χ2v) is 16.8. The fourth-order valence-corrected chi connectivity index (χ4v) is 8.25. The first-order chi connectivity index (χ1) is 30.7. The SMILES string of the molecule is COc1cc2c(cc1-c1cncc(NC(=O)CCOCCOCCNC(=O)[C@H]3O[C@@H](CN)[C@H](O)[C@@H](O)[C@H]3O)c1)-c1c(c(C(=O)N3CCOCC3(C)C)nn1-c1cc(Cl)cc(Cl)c1)CO2. The normalized spacial score (nSPS) is 21.3. The Balaban J connectivity index is 0.986. The highest BCUT2D eigenvalue weighted by molar-refractivity contribution is 6.34. The summed E-state index contributed by atoms with van der Waals surface area (Å²) in [4.78, 5) is 45.9. The van der Waals surface area contributed by atoms with Gasteiger partial charge in [-0.15, -0.1) is 0 Å². The minimum Gasteiger partial charge on any atom is -0.496 e. The van der Waals surface area contributed by atoms with E-state index in [1.165, 1.54) is 13.3 Å². The van der Waals surface area contributed by atoms with E-state index in [9.17, 15) is 29.7 Å². The molecule has 344 valence electrons. The zero-order chi connectivity index (χ0) is 45.7.